The van der Waals surface area contributed by atoms with Crippen molar-refractivity contribution in [2.24, 2.45) is 0 Å². The van der Waals surface area contributed by atoms with Gasteiger partial charge in [0.1, 0.15) is 25.4 Å². The Labute approximate surface area is 578 Å². The molecule has 0 aromatic rings. The van der Waals surface area contributed by atoms with Crippen molar-refractivity contribution in [2.75, 3.05) is 39.6 Å². The van der Waals surface area contributed by atoms with E-state index in [9.17, 15) is 43.5 Å². The highest BCUT2D eigenvalue weighted by atomic mass is 31.2. The molecule has 0 bridgehead atoms. The van der Waals surface area contributed by atoms with Gasteiger partial charge in [0.05, 0.1) is 26.4 Å². The van der Waals surface area contributed by atoms with Crippen molar-refractivity contribution < 1.29 is 75.8 Å². The molecule has 0 saturated carbocycles. The average molecular weight is 1380 g/mol. The second-order valence-electron chi connectivity index (χ2n) is 25.4. The lowest BCUT2D eigenvalue weighted by Crippen LogP contribution is -2.30. The number of unbranched alkanes of at least 4 members (excludes halogenated alkanes) is 35. The molecule has 0 radical (unpaired) electrons. The Bertz CT molecular complexity index is 2070. The number of hydrogen-bond donors (Lipinski definition) is 4. The number of phosphoric ester groups is 2. The standard InChI is InChI=1S/C77H138O16P2/c1-4-7-10-13-16-19-22-25-27-28-29-30-31-32-33-34-35-36-37-38-39-40-41-42-44-47-48-51-54-57-60-63-75(80)87-66-72(78)67-89-94(83,84)90-68-73(79)69-91-95(85,86)92-71-74(93-77(82)65-62-59-56-53-50-45-24-21-18-15-12-9-6-3)70-88-76(81)64-61-58-55-52-49-46-43-26-23-20-17-14-11-8-5-2/h12,15-16,19,21,24-27,29-30,32-33,43,72-74,78-79H,4-11,13-14,17-18,20,22-23,28,31,34-42,44-71H2,1-3H3,(H,83,84)(H,85,86)/b15-12-,19-16-,24-21-,27-25-,30-29-,33-32-,43-26-. The lowest BCUT2D eigenvalue weighted by Gasteiger charge is -2.21. The van der Waals surface area contributed by atoms with E-state index in [2.05, 4.69) is 106 Å². The maximum atomic E-state index is 12.9. The van der Waals surface area contributed by atoms with Gasteiger partial charge in [0, 0.05) is 19.3 Å². The maximum absolute atomic E-state index is 12.9. The van der Waals surface area contributed by atoms with E-state index < -0.39 is 91.5 Å². The van der Waals surface area contributed by atoms with E-state index in [0.29, 0.717) is 19.3 Å². The quantitative estimate of drug-likeness (QED) is 0.0146. The SMILES string of the molecule is CCC/C=C\C/C=C\CCCCCCCC(=O)OC(COC(=O)CCCCCCC/C=C\CCCCCCCC)COP(=O)(O)OCC(O)COP(=O)(O)OCC(O)COC(=O)CCCCCCCCCCCCCCCCC/C=C\C/C=C\C/C=C\C/C=C\CCCCC. The van der Waals surface area contributed by atoms with Gasteiger partial charge in [-0.15, -0.1) is 0 Å². The highest BCUT2D eigenvalue weighted by Gasteiger charge is 2.29. The first-order valence-corrected chi connectivity index (χ1v) is 40.9. The number of carbonyl (C=O) groups excluding carboxylic acids is 3. The Kier molecular flexibility index (Phi) is 68.2. The van der Waals surface area contributed by atoms with E-state index in [1.54, 1.807) is 0 Å². The summed E-state index contributed by atoms with van der Waals surface area (Å²) in [5.41, 5.74) is 0. The number of aliphatic hydroxyl groups is 2. The summed E-state index contributed by atoms with van der Waals surface area (Å²) < 4.78 is 60.9. The molecule has 0 spiro atoms. The zero-order valence-electron chi connectivity index (χ0n) is 60.1. The molecular weight excluding hydrogens is 1240 g/mol. The Morgan fingerprint density at radius 1 is 0.295 bits per heavy atom. The molecular formula is C77H138O16P2. The molecule has 0 aliphatic carbocycles. The van der Waals surface area contributed by atoms with E-state index in [4.69, 9.17) is 32.3 Å². The van der Waals surface area contributed by atoms with Crippen LogP contribution in [0.1, 0.15) is 329 Å². The summed E-state index contributed by atoms with van der Waals surface area (Å²) in [5, 5.41) is 20.6. The van der Waals surface area contributed by atoms with E-state index >= 15 is 0 Å². The lowest BCUT2D eigenvalue weighted by atomic mass is 10.0. The minimum absolute atomic E-state index is 0.0885. The summed E-state index contributed by atoms with van der Waals surface area (Å²) >= 11 is 0. The summed E-state index contributed by atoms with van der Waals surface area (Å²) in [6, 6.07) is 0. The second kappa shape index (κ2) is 70.6. The van der Waals surface area contributed by atoms with Gasteiger partial charge in [0.15, 0.2) is 6.10 Å². The first-order valence-electron chi connectivity index (χ1n) is 37.9. The lowest BCUT2D eigenvalue weighted by molar-refractivity contribution is -0.161. The maximum Gasteiger partial charge on any atom is 0.472 e. The number of esters is 3. The number of hydrogen-bond acceptors (Lipinski definition) is 14. The van der Waals surface area contributed by atoms with Crippen LogP contribution in [0.5, 0.6) is 0 Å². The Hall–Kier alpha value is -3.27. The topological polar surface area (TPSA) is 231 Å². The third-order valence-electron chi connectivity index (χ3n) is 16.0. The second-order valence-corrected chi connectivity index (χ2v) is 28.4. The predicted octanol–water partition coefficient (Wildman–Crippen LogP) is 21.7. The molecule has 5 atom stereocenters. The van der Waals surface area contributed by atoms with Gasteiger partial charge in [-0.1, -0.05) is 279 Å². The van der Waals surface area contributed by atoms with E-state index in [1.807, 2.05) is 0 Å². The normalized spacial score (nSPS) is 14.6. The molecule has 0 heterocycles. The number of allylic oxidation sites excluding steroid dienone is 14. The van der Waals surface area contributed by atoms with Gasteiger partial charge in [0.25, 0.3) is 0 Å². The van der Waals surface area contributed by atoms with Crippen molar-refractivity contribution in [3.63, 3.8) is 0 Å². The van der Waals surface area contributed by atoms with Crippen molar-refractivity contribution >= 4 is 33.6 Å². The number of phosphoric acid groups is 2. The minimum Gasteiger partial charge on any atom is -0.463 e. The molecule has 0 aromatic carbocycles. The molecule has 18 heteroatoms. The number of rotatable bonds is 72. The van der Waals surface area contributed by atoms with Crippen LogP contribution in [-0.2, 0) is 55.8 Å². The van der Waals surface area contributed by atoms with E-state index in [0.717, 1.165) is 128 Å². The van der Waals surface area contributed by atoms with Crippen LogP contribution in [0, 0.1) is 0 Å². The van der Waals surface area contributed by atoms with Crippen LogP contribution in [0.3, 0.4) is 0 Å². The molecule has 0 amide bonds. The van der Waals surface area contributed by atoms with Crippen LogP contribution in [0.25, 0.3) is 0 Å². The summed E-state index contributed by atoms with van der Waals surface area (Å²) in [5.74, 6) is -1.59. The highest BCUT2D eigenvalue weighted by Crippen LogP contribution is 2.45. The molecule has 16 nitrogen and oxygen atoms in total. The molecule has 552 valence electrons. The molecule has 5 unspecified atom stereocenters. The van der Waals surface area contributed by atoms with E-state index in [-0.39, 0.29) is 19.3 Å². The van der Waals surface area contributed by atoms with Gasteiger partial charge in [-0.2, -0.15) is 0 Å². The average Bonchev–Trinajstić information content (AvgIpc) is 1.85. The molecule has 0 rings (SSSR count). The summed E-state index contributed by atoms with van der Waals surface area (Å²) in [7, 11) is -9.78. The fourth-order valence-corrected chi connectivity index (χ4v) is 11.8. The number of aliphatic hydroxyl groups excluding tert-OH is 2. The summed E-state index contributed by atoms with van der Waals surface area (Å²) in [6.45, 7) is 2.57. The van der Waals surface area contributed by atoms with Gasteiger partial charge in [-0.3, -0.25) is 32.5 Å². The van der Waals surface area contributed by atoms with Crippen LogP contribution in [-0.4, -0.2) is 95.9 Å². The number of ether oxygens (including phenoxy) is 3. The fourth-order valence-electron chi connectivity index (χ4n) is 10.2. The van der Waals surface area contributed by atoms with Crippen molar-refractivity contribution in [3.8, 4) is 0 Å². The van der Waals surface area contributed by atoms with Crippen LogP contribution < -0.4 is 0 Å². The van der Waals surface area contributed by atoms with Gasteiger partial charge in [-0.05, 0) is 116 Å². The fraction of sp³-hybridized carbons (Fsp3) is 0.779. The van der Waals surface area contributed by atoms with Crippen molar-refractivity contribution in [2.45, 2.75) is 347 Å². The Morgan fingerprint density at radius 3 is 0.905 bits per heavy atom. The molecule has 0 fully saturated rings. The largest absolute Gasteiger partial charge is 0.472 e. The molecule has 95 heavy (non-hydrogen) atoms. The highest BCUT2D eigenvalue weighted by molar-refractivity contribution is 7.47. The smallest absolute Gasteiger partial charge is 0.463 e. The number of carbonyl (C=O) groups is 3. The zero-order valence-corrected chi connectivity index (χ0v) is 61.9. The van der Waals surface area contributed by atoms with Crippen molar-refractivity contribution in [3.05, 3.63) is 85.1 Å². The molecule has 0 aliphatic heterocycles. The first kappa shape index (κ1) is 91.7. The van der Waals surface area contributed by atoms with Crippen LogP contribution in [0.2, 0.25) is 0 Å². The molecule has 0 aromatic heterocycles. The van der Waals surface area contributed by atoms with Gasteiger partial charge < -0.3 is 34.2 Å². The summed E-state index contributed by atoms with van der Waals surface area (Å²) in [4.78, 5) is 58.4. The molecule has 0 aliphatic rings. The Morgan fingerprint density at radius 2 is 0.547 bits per heavy atom. The third-order valence-corrected chi connectivity index (χ3v) is 17.9. The molecule has 4 N–H and O–H groups in total. The predicted molar refractivity (Wildman–Crippen MR) is 390 cm³/mol. The monoisotopic (exact) mass is 1380 g/mol. The van der Waals surface area contributed by atoms with Gasteiger partial charge >= 0.3 is 33.6 Å². The zero-order chi connectivity index (χ0) is 69.5. The minimum atomic E-state index is -4.93. The van der Waals surface area contributed by atoms with Crippen molar-refractivity contribution in [1.82, 2.24) is 0 Å². The van der Waals surface area contributed by atoms with Crippen LogP contribution in [0.15, 0.2) is 85.1 Å². The first-order chi connectivity index (χ1) is 46.2. The molecule has 0 saturated heterocycles. The Balaban J connectivity index is 4.39. The van der Waals surface area contributed by atoms with Gasteiger partial charge in [-0.25, -0.2) is 9.13 Å². The summed E-state index contributed by atoms with van der Waals surface area (Å²) in [6.07, 6.45) is 78.0. The van der Waals surface area contributed by atoms with Gasteiger partial charge in [0.2, 0.25) is 0 Å². The van der Waals surface area contributed by atoms with Crippen LogP contribution in [0.4, 0.5) is 0 Å². The van der Waals surface area contributed by atoms with E-state index in [1.165, 1.54) is 141 Å². The van der Waals surface area contributed by atoms with Crippen LogP contribution >= 0.6 is 15.6 Å². The van der Waals surface area contributed by atoms with Crippen molar-refractivity contribution in [1.29, 1.82) is 0 Å². The third kappa shape index (κ3) is 71.8.